The molecule has 0 aliphatic rings. The van der Waals surface area contributed by atoms with Crippen molar-refractivity contribution in [3.63, 3.8) is 0 Å². The van der Waals surface area contributed by atoms with Crippen molar-refractivity contribution in [1.82, 2.24) is 0 Å². The molecule has 14 heavy (non-hydrogen) atoms. The van der Waals surface area contributed by atoms with Crippen molar-refractivity contribution in [1.29, 1.82) is 0 Å². The van der Waals surface area contributed by atoms with E-state index in [0.29, 0.717) is 11.1 Å². The summed E-state index contributed by atoms with van der Waals surface area (Å²) in [6.07, 6.45) is -5.01. The van der Waals surface area contributed by atoms with Gasteiger partial charge in [-0.05, 0) is 31.0 Å². The number of aliphatic hydroxyl groups is 1. The molecule has 1 N–H and O–H groups in total. The molecule has 0 bridgehead atoms. The molecule has 0 aliphatic carbocycles. The molecule has 0 aliphatic heterocycles. The number of halogens is 3. The van der Waals surface area contributed by atoms with Gasteiger partial charge in [-0.15, -0.1) is 0 Å². The quantitative estimate of drug-likeness (QED) is 0.785. The summed E-state index contributed by atoms with van der Waals surface area (Å²) in [4.78, 5) is 0. The fourth-order valence-electron chi connectivity index (χ4n) is 1.43. The lowest BCUT2D eigenvalue weighted by atomic mass is 10.0. The predicted octanol–water partition coefficient (Wildman–Crippen LogP) is 2.74. The third-order valence-corrected chi connectivity index (χ3v) is 2.02. The first-order valence-electron chi connectivity index (χ1n) is 4.16. The van der Waals surface area contributed by atoms with E-state index in [0.717, 1.165) is 6.07 Å². The molecule has 0 radical (unpaired) electrons. The van der Waals surface area contributed by atoms with Gasteiger partial charge in [0.1, 0.15) is 11.9 Å². The molecule has 78 valence electrons. The van der Waals surface area contributed by atoms with E-state index in [4.69, 9.17) is 5.11 Å². The average Bonchev–Trinajstić information content (AvgIpc) is 2.01. The van der Waals surface area contributed by atoms with Gasteiger partial charge in [0.2, 0.25) is 0 Å². The molecule has 1 aromatic carbocycles. The van der Waals surface area contributed by atoms with Crippen molar-refractivity contribution in [2.45, 2.75) is 26.4 Å². The lowest BCUT2D eigenvalue weighted by Crippen LogP contribution is -2.12. The third kappa shape index (κ3) is 2.07. The summed E-state index contributed by atoms with van der Waals surface area (Å²) in [6.45, 7) is 3.16. The molecular weight excluding hydrogens is 193 g/mol. The first kappa shape index (κ1) is 11.0. The Morgan fingerprint density at radius 3 is 2.21 bits per heavy atom. The normalized spacial score (nSPS) is 13.4. The maximum absolute atomic E-state index is 13.2. The van der Waals surface area contributed by atoms with Crippen LogP contribution in [-0.2, 0) is 0 Å². The Morgan fingerprint density at radius 1 is 1.21 bits per heavy atom. The van der Waals surface area contributed by atoms with Crippen molar-refractivity contribution >= 4 is 0 Å². The number of aryl methyl sites for hydroxylation is 2. The minimum Gasteiger partial charge on any atom is -0.382 e. The Kier molecular flexibility index (Phi) is 3.16. The molecular formula is C10H11F3O. The molecule has 0 heterocycles. The first-order chi connectivity index (χ1) is 6.43. The summed E-state index contributed by atoms with van der Waals surface area (Å²) < 4.78 is 37.5. The number of aliphatic hydroxyl groups excluding tert-OH is 1. The summed E-state index contributed by atoms with van der Waals surface area (Å²) in [5, 5.41) is 9.06. The van der Waals surface area contributed by atoms with E-state index < -0.39 is 18.3 Å². The molecule has 1 rings (SSSR count). The Balaban J connectivity index is 3.20. The van der Waals surface area contributed by atoms with Gasteiger partial charge in [0, 0.05) is 5.56 Å². The van der Waals surface area contributed by atoms with E-state index in [-0.39, 0.29) is 5.56 Å². The van der Waals surface area contributed by atoms with Crippen LogP contribution in [0.15, 0.2) is 12.1 Å². The number of hydrogen-bond acceptors (Lipinski definition) is 1. The van der Waals surface area contributed by atoms with Crippen LogP contribution in [0.1, 0.15) is 22.8 Å². The lowest BCUT2D eigenvalue weighted by molar-refractivity contribution is -0.00809. The third-order valence-electron chi connectivity index (χ3n) is 2.02. The maximum atomic E-state index is 13.2. The summed E-state index contributed by atoms with van der Waals surface area (Å²) in [5.41, 5.74) is 0.672. The highest BCUT2D eigenvalue weighted by Gasteiger charge is 2.24. The van der Waals surface area contributed by atoms with Crippen molar-refractivity contribution in [2.75, 3.05) is 0 Å². The molecule has 4 heteroatoms. The van der Waals surface area contributed by atoms with Gasteiger partial charge >= 0.3 is 0 Å². The smallest absolute Gasteiger partial charge is 0.268 e. The molecule has 1 atom stereocenters. The van der Waals surface area contributed by atoms with Gasteiger partial charge in [0.15, 0.2) is 0 Å². The zero-order chi connectivity index (χ0) is 10.9. The molecule has 0 fully saturated rings. The molecule has 0 spiro atoms. The van der Waals surface area contributed by atoms with Crippen LogP contribution in [0.3, 0.4) is 0 Å². The van der Waals surface area contributed by atoms with Gasteiger partial charge < -0.3 is 5.11 Å². The summed E-state index contributed by atoms with van der Waals surface area (Å²) >= 11 is 0. The van der Waals surface area contributed by atoms with Crippen molar-refractivity contribution in [3.8, 4) is 0 Å². The highest BCUT2D eigenvalue weighted by atomic mass is 19.3. The Labute approximate surface area is 80.2 Å². The summed E-state index contributed by atoms with van der Waals surface area (Å²) in [5.74, 6) is -0.782. The number of alkyl halides is 2. The van der Waals surface area contributed by atoms with Crippen LogP contribution in [0.2, 0.25) is 0 Å². The Hall–Kier alpha value is -1.03. The van der Waals surface area contributed by atoms with Crippen LogP contribution in [0.5, 0.6) is 0 Å². The molecule has 0 aromatic heterocycles. The SMILES string of the molecule is Cc1cc(C)c(C(O)C(F)F)c(F)c1. The summed E-state index contributed by atoms with van der Waals surface area (Å²) in [7, 11) is 0. The predicted molar refractivity (Wildman–Crippen MR) is 46.8 cm³/mol. The minimum atomic E-state index is -2.97. The van der Waals surface area contributed by atoms with Gasteiger partial charge in [-0.1, -0.05) is 6.07 Å². The van der Waals surface area contributed by atoms with Crippen molar-refractivity contribution in [3.05, 3.63) is 34.6 Å². The van der Waals surface area contributed by atoms with E-state index in [9.17, 15) is 13.2 Å². The Morgan fingerprint density at radius 2 is 1.79 bits per heavy atom. The number of hydrogen-bond donors (Lipinski definition) is 1. The van der Waals surface area contributed by atoms with E-state index >= 15 is 0 Å². The monoisotopic (exact) mass is 204 g/mol. The van der Waals surface area contributed by atoms with Gasteiger partial charge in [-0.3, -0.25) is 0 Å². The van der Waals surface area contributed by atoms with Gasteiger partial charge in [0.05, 0.1) is 0 Å². The standard InChI is InChI=1S/C10H11F3O/c1-5-3-6(2)8(7(11)4-5)9(14)10(12)13/h3-4,9-10,14H,1-2H3. The van der Waals surface area contributed by atoms with Gasteiger partial charge in [0.25, 0.3) is 6.43 Å². The number of rotatable bonds is 2. The molecule has 0 amide bonds. The maximum Gasteiger partial charge on any atom is 0.268 e. The van der Waals surface area contributed by atoms with E-state index in [1.54, 1.807) is 13.0 Å². The van der Waals surface area contributed by atoms with E-state index in [1.807, 2.05) is 0 Å². The fourth-order valence-corrected chi connectivity index (χ4v) is 1.43. The van der Waals surface area contributed by atoms with Crippen molar-refractivity contribution in [2.24, 2.45) is 0 Å². The lowest BCUT2D eigenvalue weighted by Gasteiger charge is -2.14. The molecule has 1 unspecified atom stereocenters. The zero-order valence-corrected chi connectivity index (χ0v) is 7.89. The largest absolute Gasteiger partial charge is 0.382 e. The fraction of sp³-hybridized carbons (Fsp3) is 0.400. The molecule has 1 nitrogen and oxygen atoms in total. The zero-order valence-electron chi connectivity index (χ0n) is 7.89. The second-order valence-electron chi connectivity index (χ2n) is 3.26. The van der Waals surface area contributed by atoms with Crippen LogP contribution in [-0.4, -0.2) is 11.5 Å². The van der Waals surface area contributed by atoms with Crippen LogP contribution < -0.4 is 0 Å². The highest BCUT2D eigenvalue weighted by molar-refractivity contribution is 5.33. The van der Waals surface area contributed by atoms with Crippen LogP contribution in [0.4, 0.5) is 13.2 Å². The highest BCUT2D eigenvalue weighted by Crippen LogP contribution is 2.27. The van der Waals surface area contributed by atoms with Crippen molar-refractivity contribution < 1.29 is 18.3 Å². The average molecular weight is 204 g/mol. The van der Waals surface area contributed by atoms with Gasteiger partial charge in [-0.2, -0.15) is 0 Å². The topological polar surface area (TPSA) is 20.2 Å². The van der Waals surface area contributed by atoms with Crippen LogP contribution in [0.25, 0.3) is 0 Å². The second kappa shape index (κ2) is 4.00. The number of benzene rings is 1. The van der Waals surface area contributed by atoms with E-state index in [1.165, 1.54) is 6.92 Å². The Bertz CT molecular complexity index is 313. The first-order valence-corrected chi connectivity index (χ1v) is 4.16. The van der Waals surface area contributed by atoms with E-state index in [2.05, 4.69) is 0 Å². The second-order valence-corrected chi connectivity index (χ2v) is 3.26. The molecule has 1 aromatic rings. The van der Waals surface area contributed by atoms with Gasteiger partial charge in [-0.25, -0.2) is 13.2 Å². The molecule has 0 saturated carbocycles. The van der Waals surface area contributed by atoms with Crippen LogP contribution in [0, 0.1) is 19.7 Å². The minimum absolute atomic E-state index is 0.314. The molecule has 0 saturated heterocycles. The van der Waals surface area contributed by atoms with Crippen LogP contribution >= 0.6 is 0 Å². The summed E-state index contributed by atoms with van der Waals surface area (Å²) in [6, 6.07) is 2.69.